The van der Waals surface area contributed by atoms with E-state index in [0.29, 0.717) is 0 Å². The van der Waals surface area contributed by atoms with Crippen LogP contribution in [0.2, 0.25) is 0 Å². The predicted octanol–water partition coefficient (Wildman–Crippen LogP) is 4.74. The van der Waals surface area contributed by atoms with Crippen LogP contribution in [-0.4, -0.2) is 9.55 Å². The molecule has 0 spiro atoms. The van der Waals surface area contributed by atoms with Gasteiger partial charge in [0.15, 0.2) is 0 Å². The quantitative estimate of drug-likeness (QED) is 0.544. The number of benzene rings is 3. The monoisotopic (exact) mass is 323 g/mol. The Kier molecular flexibility index (Phi) is 4.02. The molecule has 4 aromatic rings. The van der Waals surface area contributed by atoms with Crippen LogP contribution < -0.4 is 0 Å². The number of fused-ring (bicyclic) bond motifs is 1. The lowest BCUT2D eigenvalue weighted by molar-refractivity contribution is 0.741. The van der Waals surface area contributed by atoms with Gasteiger partial charge in [-0.2, -0.15) is 5.26 Å². The molecule has 0 radical (unpaired) electrons. The molecule has 0 bridgehead atoms. The molecular weight excluding hydrogens is 306 g/mol. The summed E-state index contributed by atoms with van der Waals surface area (Å²) in [4.78, 5) is 4.90. The molecule has 3 nitrogen and oxygen atoms in total. The largest absolute Gasteiger partial charge is 0.313 e. The van der Waals surface area contributed by atoms with Crippen LogP contribution in [-0.2, 0) is 6.54 Å². The molecule has 0 N–H and O–H groups in total. The van der Waals surface area contributed by atoms with Gasteiger partial charge in [0.25, 0.3) is 0 Å². The van der Waals surface area contributed by atoms with E-state index < -0.39 is 0 Å². The minimum absolute atomic E-state index is 0.0110. The number of imidazole rings is 1. The number of nitrogens with zero attached hydrogens (tertiary/aromatic N) is 3. The summed E-state index contributed by atoms with van der Waals surface area (Å²) in [6, 6.07) is 31.0. The molecule has 1 aromatic heterocycles. The van der Waals surface area contributed by atoms with Gasteiger partial charge in [-0.1, -0.05) is 72.8 Å². The van der Waals surface area contributed by atoms with Crippen LogP contribution in [0.1, 0.15) is 22.9 Å². The first-order valence-corrected chi connectivity index (χ1v) is 8.30. The highest BCUT2D eigenvalue weighted by Crippen LogP contribution is 2.33. The van der Waals surface area contributed by atoms with Crippen LogP contribution in [0.3, 0.4) is 0 Å². The van der Waals surface area contributed by atoms with Crippen LogP contribution in [0.25, 0.3) is 11.0 Å². The van der Waals surface area contributed by atoms with Crippen molar-refractivity contribution in [2.75, 3.05) is 0 Å². The van der Waals surface area contributed by atoms with Gasteiger partial charge in [0, 0.05) is 0 Å². The fourth-order valence-electron chi connectivity index (χ4n) is 3.33. The predicted molar refractivity (Wildman–Crippen MR) is 99.2 cm³/mol. The minimum Gasteiger partial charge on any atom is -0.313 e. The number of rotatable bonds is 4. The third-order valence-corrected chi connectivity index (χ3v) is 4.44. The zero-order valence-corrected chi connectivity index (χ0v) is 13.7. The van der Waals surface area contributed by atoms with Crippen molar-refractivity contribution >= 4 is 11.0 Å². The summed E-state index contributed by atoms with van der Waals surface area (Å²) < 4.78 is 2.03. The molecule has 25 heavy (non-hydrogen) atoms. The van der Waals surface area contributed by atoms with Gasteiger partial charge >= 0.3 is 0 Å². The number of para-hydroxylation sites is 2. The Morgan fingerprint density at radius 2 is 1.36 bits per heavy atom. The normalized spacial score (nSPS) is 10.9. The van der Waals surface area contributed by atoms with E-state index in [9.17, 15) is 5.26 Å². The van der Waals surface area contributed by atoms with E-state index in [4.69, 9.17) is 4.98 Å². The number of hydrogen-bond acceptors (Lipinski definition) is 2. The van der Waals surface area contributed by atoms with Crippen molar-refractivity contribution in [3.63, 3.8) is 0 Å². The smallest absolute Gasteiger partial charge is 0.122 e. The van der Waals surface area contributed by atoms with Gasteiger partial charge in [-0.15, -0.1) is 0 Å². The fraction of sp³-hybridized carbons (Fsp3) is 0.0909. The third-order valence-electron chi connectivity index (χ3n) is 4.44. The number of aromatic nitrogens is 2. The van der Waals surface area contributed by atoms with Crippen molar-refractivity contribution in [2.24, 2.45) is 0 Å². The van der Waals surface area contributed by atoms with Gasteiger partial charge in [-0.25, -0.2) is 4.98 Å². The van der Waals surface area contributed by atoms with E-state index in [2.05, 4.69) is 30.3 Å². The zero-order valence-electron chi connectivity index (χ0n) is 13.7. The summed E-state index contributed by atoms with van der Waals surface area (Å²) >= 11 is 0. The summed E-state index contributed by atoms with van der Waals surface area (Å²) in [6.45, 7) is 0.284. The van der Waals surface area contributed by atoms with Crippen molar-refractivity contribution in [1.82, 2.24) is 9.55 Å². The number of nitriles is 1. The van der Waals surface area contributed by atoms with Crippen LogP contribution >= 0.6 is 0 Å². The van der Waals surface area contributed by atoms with Crippen LogP contribution in [0.4, 0.5) is 0 Å². The van der Waals surface area contributed by atoms with Crippen LogP contribution in [0.5, 0.6) is 0 Å². The van der Waals surface area contributed by atoms with Gasteiger partial charge in [0.1, 0.15) is 12.4 Å². The van der Waals surface area contributed by atoms with Crippen molar-refractivity contribution in [2.45, 2.75) is 12.5 Å². The molecule has 120 valence electrons. The lowest BCUT2D eigenvalue weighted by Crippen LogP contribution is -2.11. The van der Waals surface area contributed by atoms with Gasteiger partial charge < -0.3 is 4.57 Å². The molecule has 3 heteroatoms. The molecule has 0 fully saturated rings. The summed E-state index contributed by atoms with van der Waals surface area (Å²) in [6.07, 6.45) is 0. The second kappa shape index (κ2) is 6.62. The van der Waals surface area contributed by atoms with E-state index in [0.717, 1.165) is 16.9 Å². The topological polar surface area (TPSA) is 41.6 Å². The summed E-state index contributed by atoms with van der Waals surface area (Å²) in [5, 5.41) is 9.35. The number of hydrogen-bond donors (Lipinski definition) is 0. The molecule has 0 aliphatic heterocycles. The van der Waals surface area contributed by atoms with Crippen molar-refractivity contribution < 1.29 is 0 Å². The minimum atomic E-state index is -0.0110. The molecule has 4 rings (SSSR count). The molecule has 0 atom stereocenters. The van der Waals surface area contributed by atoms with Crippen molar-refractivity contribution in [3.8, 4) is 6.07 Å². The van der Waals surface area contributed by atoms with Gasteiger partial charge in [0.05, 0.1) is 23.0 Å². The molecule has 0 saturated carbocycles. The van der Waals surface area contributed by atoms with Crippen LogP contribution in [0, 0.1) is 11.3 Å². The maximum atomic E-state index is 9.35. The highest BCUT2D eigenvalue weighted by Gasteiger charge is 2.23. The van der Waals surface area contributed by atoms with Gasteiger partial charge in [-0.3, -0.25) is 0 Å². The average Bonchev–Trinajstić information content (AvgIpc) is 3.02. The van der Waals surface area contributed by atoms with E-state index in [-0.39, 0.29) is 12.5 Å². The fourth-order valence-corrected chi connectivity index (χ4v) is 3.33. The molecule has 3 aromatic carbocycles. The first-order chi connectivity index (χ1) is 12.4. The molecule has 1 heterocycles. The average molecular weight is 323 g/mol. The zero-order chi connectivity index (χ0) is 17.1. The molecular formula is C22H17N3. The van der Waals surface area contributed by atoms with Gasteiger partial charge in [0.2, 0.25) is 0 Å². The van der Waals surface area contributed by atoms with E-state index in [1.807, 2.05) is 65.2 Å². The standard InChI is InChI=1S/C22H17N3/c23-15-16-25-20-14-8-7-13-19(20)24-22(25)21(17-9-3-1-4-10-17)18-11-5-2-6-12-18/h1-14,21H,16H2. The Hall–Kier alpha value is -3.38. The first kappa shape index (κ1) is 15.2. The summed E-state index contributed by atoms with van der Waals surface area (Å²) in [5.74, 6) is 0.892. The van der Waals surface area contributed by atoms with E-state index in [1.165, 1.54) is 11.1 Å². The first-order valence-electron chi connectivity index (χ1n) is 8.30. The van der Waals surface area contributed by atoms with Crippen molar-refractivity contribution in [1.29, 1.82) is 5.26 Å². The Morgan fingerprint density at radius 1 is 0.800 bits per heavy atom. The molecule has 0 aliphatic carbocycles. The molecule has 0 amide bonds. The third kappa shape index (κ3) is 2.79. The Bertz CT molecular complexity index is 988. The highest BCUT2D eigenvalue weighted by molar-refractivity contribution is 5.76. The highest BCUT2D eigenvalue weighted by atomic mass is 15.1. The summed E-state index contributed by atoms with van der Waals surface area (Å²) in [7, 11) is 0. The molecule has 0 aliphatic rings. The summed E-state index contributed by atoms with van der Waals surface area (Å²) in [5.41, 5.74) is 4.26. The van der Waals surface area contributed by atoms with E-state index in [1.54, 1.807) is 0 Å². The second-order valence-electron chi connectivity index (χ2n) is 5.96. The Balaban J connectivity index is 1.99. The Morgan fingerprint density at radius 3 is 1.96 bits per heavy atom. The molecule has 0 saturated heterocycles. The van der Waals surface area contributed by atoms with Crippen molar-refractivity contribution in [3.05, 3.63) is 102 Å². The maximum Gasteiger partial charge on any atom is 0.122 e. The Labute approximate surface area is 146 Å². The van der Waals surface area contributed by atoms with Gasteiger partial charge in [-0.05, 0) is 23.3 Å². The lowest BCUT2D eigenvalue weighted by atomic mass is 9.90. The second-order valence-corrected chi connectivity index (χ2v) is 5.96. The lowest BCUT2D eigenvalue weighted by Gasteiger charge is -2.18. The SMILES string of the molecule is N#CCn1c(C(c2ccccc2)c2ccccc2)nc2ccccc21. The van der Waals surface area contributed by atoms with E-state index >= 15 is 0 Å². The maximum absolute atomic E-state index is 9.35. The van der Waals surface area contributed by atoms with Crippen LogP contribution in [0.15, 0.2) is 84.9 Å². The molecule has 0 unspecified atom stereocenters.